The molecule has 7 nitrogen and oxygen atoms in total. The number of hydrogen-bond donors (Lipinski definition) is 2. The lowest BCUT2D eigenvalue weighted by molar-refractivity contribution is -0.128. The number of pyridine rings is 1. The Bertz CT molecular complexity index is 805. The van der Waals surface area contributed by atoms with E-state index in [2.05, 4.69) is 20.6 Å². The number of hydrogen-bond acceptors (Lipinski definition) is 4. The SMILES string of the molecule is CCNC(=NCC(=O)N(C)CCc1ccccn1)NCC(C)Oc1ccc(Cl)cc1.I. The average molecular weight is 560 g/mol. The number of nitrogens with one attached hydrogen (secondary N) is 2. The molecule has 0 aliphatic rings. The van der Waals surface area contributed by atoms with E-state index in [0.717, 1.165) is 11.4 Å². The van der Waals surface area contributed by atoms with Crippen LogP contribution in [0.15, 0.2) is 53.7 Å². The fraction of sp³-hybridized carbons (Fsp3) is 0.409. The van der Waals surface area contributed by atoms with Gasteiger partial charge in [0, 0.05) is 43.5 Å². The number of nitrogens with zero attached hydrogens (tertiary/aromatic N) is 3. The standard InChI is InChI=1S/C22H30ClN5O2.HI/c1-4-24-22(26-15-17(2)30-20-10-8-18(23)9-11-20)27-16-21(29)28(3)14-12-19-7-5-6-13-25-19;/h5-11,13,17H,4,12,14-16H2,1-3H3,(H2,24,26,27);1H. The van der Waals surface area contributed by atoms with E-state index in [-0.39, 0.29) is 42.5 Å². The van der Waals surface area contributed by atoms with Crippen molar-refractivity contribution in [1.29, 1.82) is 0 Å². The van der Waals surface area contributed by atoms with E-state index >= 15 is 0 Å². The number of ether oxygens (including phenoxy) is 1. The van der Waals surface area contributed by atoms with E-state index in [4.69, 9.17) is 16.3 Å². The van der Waals surface area contributed by atoms with Gasteiger partial charge in [0.05, 0.1) is 6.54 Å². The molecule has 0 fully saturated rings. The molecule has 0 spiro atoms. The number of aromatic nitrogens is 1. The molecule has 2 aromatic rings. The number of likely N-dealkylation sites (N-methyl/N-ethyl adjacent to an activating group) is 1. The van der Waals surface area contributed by atoms with Crippen LogP contribution in [0.3, 0.4) is 0 Å². The Morgan fingerprint density at radius 3 is 2.61 bits per heavy atom. The van der Waals surface area contributed by atoms with Gasteiger partial charge in [-0.25, -0.2) is 4.99 Å². The third kappa shape index (κ3) is 10.7. The zero-order valence-electron chi connectivity index (χ0n) is 18.2. The summed E-state index contributed by atoms with van der Waals surface area (Å²) in [5.74, 6) is 1.28. The molecule has 1 aromatic heterocycles. The van der Waals surface area contributed by atoms with Gasteiger partial charge in [0.25, 0.3) is 0 Å². The fourth-order valence-corrected chi connectivity index (χ4v) is 2.72. The van der Waals surface area contributed by atoms with Crippen molar-refractivity contribution in [3.8, 4) is 5.75 Å². The number of benzene rings is 1. The normalized spacial score (nSPS) is 11.8. The average Bonchev–Trinajstić information content (AvgIpc) is 2.76. The van der Waals surface area contributed by atoms with E-state index < -0.39 is 0 Å². The van der Waals surface area contributed by atoms with Crippen LogP contribution in [-0.2, 0) is 11.2 Å². The topological polar surface area (TPSA) is 78.9 Å². The minimum atomic E-state index is -0.0909. The smallest absolute Gasteiger partial charge is 0.244 e. The molecule has 2 N–H and O–H groups in total. The molecule has 1 amide bonds. The first kappa shape index (κ1) is 27.0. The molecule has 31 heavy (non-hydrogen) atoms. The van der Waals surface area contributed by atoms with Gasteiger partial charge in [-0.1, -0.05) is 17.7 Å². The Hall–Kier alpha value is -2.07. The van der Waals surface area contributed by atoms with Crippen molar-refractivity contribution in [1.82, 2.24) is 20.5 Å². The number of aliphatic imine (C=N–C) groups is 1. The van der Waals surface area contributed by atoms with E-state index in [0.29, 0.717) is 37.0 Å². The van der Waals surface area contributed by atoms with Crippen LogP contribution in [0.2, 0.25) is 5.02 Å². The lowest BCUT2D eigenvalue weighted by atomic mass is 10.2. The first-order valence-corrected chi connectivity index (χ1v) is 10.4. The molecule has 2 rings (SSSR count). The Kier molecular flexibility index (Phi) is 12.9. The molecule has 1 unspecified atom stereocenters. The Morgan fingerprint density at radius 2 is 1.97 bits per heavy atom. The maximum absolute atomic E-state index is 12.4. The monoisotopic (exact) mass is 559 g/mol. The molecule has 170 valence electrons. The zero-order valence-corrected chi connectivity index (χ0v) is 21.3. The summed E-state index contributed by atoms with van der Waals surface area (Å²) in [4.78, 5) is 22.7. The number of carbonyl (C=O) groups is 1. The van der Waals surface area contributed by atoms with Crippen LogP contribution in [-0.4, -0.2) is 61.1 Å². The highest BCUT2D eigenvalue weighted by Gasteiger charge is 2.10. The van der Waals surface area contributed by atoms with Crippen LogP contribution >= 0.6 is 35.6 Å². The second-order valence-electron chi connectivity index (χ2n) is 6.84. The Morgan fingerprint density at radius 1 is 1.23 bits per heavy atom. The van der Waals surface area contributed by atoms with Gasteiger partial charge >= 0.3 is 0 Å². The summed E-state index contributed by atoms with van der Waals surface area (Å²) >= 11 is 5.89. The van der Waals surface area contributed by atoms with Crippen molar-refractivity contribution < 1.29 is 9.53 Å². The van der Waals surface area contributed by atoms with Crippen molar-refractivity contribution >= 4 is 47.4 Å². The maximum atomic E-state index is 12.4. The summed E-state index contributed by atoms with van der Waals surface area (Å²) in [6.07, 6.45) is 2.38. The van der Waals surface area contributed by atoms with E-state index in [1.807, 2.05) is 44.2 Å². The Labute approximate surface area is 206 Å². The fourth-order valence-electron chi connectivity index (χ4n) is 2.59. The lowest BCUT2D eigenvalue weighted by Gasteiger charge is -2.19. The molecule has 9 heteroatoms. The molecular formula is C22H31ClIN5O2. The van der Waals surface area contributed by atoms with Gasteiger partial charge < -0.3 is 20.3 Å². The van der Waals surface area contributed by atoms with Gasteiger partial charge in [0.2, 0.25) is 5.91 Å². The number of amides is 1. The van der Waals surface area contributed by atoms with Gasteiger partial charge in [-0.05, 0) is 50.2 Å². The van der Waals surface area contributed by atoms with Gasteiger partial charge in [0.15, 0.2) is 5.96 Å². The summed E-state index contributed by atoms with van der Waals surface area (Å²) in [6, 6.07) is 13.0. The van der Waals surface area contributed by atoms with Crippen molar-refractivity contribution in [2.24, 2.45) is 4.99 Å². The van der Waals surface area contributed by atoms with Crippen molar-refractivity contribution in [2.75, 3.05) is 33.2 Å². The highest BCUT2D eigenvalue weighted by atomic mass is 127. The summed E-state index contributed by atoms with van der Waals surface area (Å²) in [5.41, 5.74) is 0.963. The van der Waals surface area contributed by atoms with Crippen LogP contribution in [0.5, 0.6) is 5.75 Å². The lowest BCUT2D eigenvalue weighted by Crippen LogP contribution is -2.42. The largest absolute Gasteiger partial charge is 0.489 e. The molecule has 0 saturated carbocycles. The molecule has 1 heterocycles. The van der Waals surface area contributed by atoms with Crippen molar-refractivity contribution in [3.63, 3.8) is 0 Å². The second kappa shape index (κ2) is 14.9. The molecular weight excluding hydrogens is 529 g/mol. The molecule has 0 saturated heterocycles. The maximum Gasteiger partial charge on any atom is 0.244 e. The summed E-state index contributed by atoms with van der Waals surface area (Å²) < 4.78 is 5.85. The molecule has 0 radical (unpaired) electrons. The van der Waals surface area contributed by atoms with Crippen LogP contribution in [0, 0.1) is 0 Å². The van der Waals surface area contributed by atoms with Crippen LogP contribution in [0.1, 0.15) is 19.5 Å². The zero-order chi connectivity index (χ0) is 21.8. The second-order valence-corrected chi connectivity index (χ2v) is 7.28. The van der Waals surface area contributed by atoms with Crippen LogP contribution < -0.4 is 15.4 Å². The minimum absolute atomic E-state index is 0. The molecule has 0 aliphatic carbocycles. The van der Waals surface area contributed by atoms with Gasteiger partial charge in [0.1, 0.15) is 18.4 Å². The molecule has 1 aromatic carbocycles. The van der Waals surface area contributed by atoms with Gasteiger partial charge in [-0.2, -0.15) is 0 Å². The van der Waals surface area contributed by atoms with Crippen LogP contribution in [0.4, 0.5) is 0 Å². The quantitative estimate of drug-likeness (QED) is 0.265. The highest BCUT2D eigenvalue weighted by Crippen LogP contribution is 2.16. The Balaban J connectivity index is 0.00000480. The minimum Gasteiger partial charge on any atom is -0.489 e. The third-order valence-corrected chi connectivity index (χ3v) is 4.53. The predicted octanol–water partition coefficient (Wildman–Crippen LogP) is 3.38. The molecule has 0 aliphatic heterocycles. The molecule has 1 atom stereocenters. The summed E-state index contributed by atoms with van der Waals surface area (Å²) in [7, 11) is 1.78. The highest BCUT2D eigenvalue weighted by molar-refractivity contribution is 14.0. The number of halogens is 2. The first-order valence-electron chi connectivity index (χ1n) is 10.1. The number of rotatable bonds is 10. The van der Waals surface area contributed by atoms with E-state index in [1.54, 1.807) is 30.3 Å². The van der Waals surface area contributed by atoms with Gasteiger partial charge in [-0.3, -0.25) is 9.78 Å². The number of guanidine groups is 1. The van der Waals surface area contributed by atoms with Crippen molar-refractivity contribution in [2.45, 2.75) is 26.4 Å². The summed E-state index contributed by atoms with van der Waals surface area (Å²) in [6.45, 7) is 5.84. The number of carbonyl (C=O) groups excluding carboxylic acids is 1. The molecule has 0 bridgehead atoms. The first-order chi connectivity index (χ1) is 14.5. The summed E-state index contributed by atoms with van der Waals surface area (Å²) in [5, 5.41) is 7.03. The third-order valence-electron chi connectivity index (χ3n) is 4.28. The van der Waals surface area contributed by atoms with Gasteiger partial charge in [-0.15, -0.1) is 24.0 Å². The van der Waals surface area contributed by atoms with E-state index in [1.165, 1.54) is 0 Å². The van der Waals surface area contributed by atoms with E-state index in [9.17, 15) is 4.79 Å². The van der Waals surface area contributed by atoms with Crippen molar-refractivity contribution in [3.05, 3.63) is 59.4 Å². The van der Waals surface area contributed by atoms with Crippen LogP contribution in [0.25, 0.3) is 0 Å². The predicted molar refractivity (Wildman–Crippen MR) is 137 cm³/mol.